The van der Waals surface area contributed by atoms with Crippen LogP contribution in [0.4, 0.5) is 0 Å². The Balaban J connectivity index is 0.000000289. The van der Waals surface area contributed by atoms with Gasteiger partial charge < -0.3 is 5.32 Å². The van der Waals surface area contributed by atoms with Gasteiger partial charge in [-0.2, -0.15) is 0 Å². The van der Waals surface area contributed by atoms with Gasteiger partial charge in [-0.3, -0.25) is 30.9 Å². The van der Waals surface area contributed by atoms with Crippen LogP contribution in [0.15, 0.2) is 48.8 Å². The van der Waals surface area contributed by atoms with E-state index in [1.54, 1.807) is 12.1 Å². The number of carbonyl (C=O) groups excluding carboxylic acids is 2. The molecule has 6 N–H and O–H groups in total. The molecule has 0 fully saturated rings. The van der Waals surface area contributed by atoms with E-state index in [4.69, 9.17) is 5.84 Å². The van der Waals surface area contributed by atoms with Crippen LogP contribution in [0.25, 0.3) is 0 Å². The first-order valence-corrected chi connectivity index (χ1v) is 8.18. The average molecular weight is 358 g/mol. The number of nitrogens with zero attached hydrogens (tertiary/aromatic N) is 1. The molecule has 0 aliphatic carbocycles. The van der Waals surface area contributed by atoms with Crippen LogP contribution in [-0.4, -0.2) is 29.9 Å². The Morgan fingerprint density at radius 1 is 1.00 bits per heavy atom. The topological polar surface area (TPSA) is 121 Å². The molecule has 0 atom stereocenters. The summed E-state index contributed by atoms with van der Waals surface area (Å²) in [6.45, 7) is 4.63. The summed E-state index contributed by atoms with van der Waals surface area (Å²) in [6, 6.07) is 10.9. The van der Waals surface area contributed by atoms with Crippen LogP contribution < -0.4 is 27.4 Å². The minimum atomic E-state index is -0.303. The lowest BCUT2D eigenvalue weighted by Crippen LogP contribution is -2.30. The highest BCUT2D eigenvalue weighted by atomic mass is 16.2. The molecule has 0 saturated carbocycles. The Morgan fingerprint density at radius 3 is 2.08 bits per heavy atom. The minimum absolute atomic E-state index is 0.0249. The van der Waals surface area contributed by atoms with Gasteiger partial charge in [0.25, 0.3) is 11.8 Å². The summed E-state index contributed by atoms with van der Waals surface area (Å²) in [5, 5.41) is 2.85. The van der Waals surface area contributed by atoms with Gasteiger partial charge in [0.1, 0.15) is 0 Å². The second kappa shape index (κ2) is 11.7. The molecular weight excluding hydrogens is 332 g/mol. The van der Waals surface area contributed by atoms with E-state index in [0.29, 0.717) is 11.1 Å². The molecule has 8 heteroatoms. The van der Waals surface area contributed by atoms with Gasteiger partial charge in [-0.1, -0.05) is 12.1 Å². The lowest BCUT2D eigenvalue weighted by atomic mass is 10.1. The third-order valence-corrected chi connectivity index (χ3v) is 3.18. The molecule has 2 amide bonds. The van der Waals surface area contributed by atoms with E-state index in [2.05, 4.69) is 21.2 Å². The number of rotatable bonds is 6. The molecule has 1 aromatic carbocycles. The molecule has 2 aromatic rings. The van der Waals surface area contributed by atoms with E-state index < -0.39 is 0 Å². The average Bonchev–Trinajstić information content (AvgIpc) is 2.66. The van der Waals surface area contributed by atoms with Crippen molar-refractivity contribution in [2.75, 3.05) is 7.05 Å². The van der Waals surface area contributed by atoms with E-state index in [1.807, 2.05) is 50.6 Å². The molecule has 0 saturated heterocycles. The number of carbonyl (C=O) groups is 2. The molecule has 1 heterocycles. The van der Waals surface area contributed by atoms with Crippen LogP contribution in [-0.2, 0) is 6.54 Å². The molecule has 140 valence electrons. The van der Waals surface area contributed by atoms with Gasteiger partial charge in [-0.15, -0.1) is 0 Å². The second-order valence-corrected chi connectivity index (χ2v) is 5.64. The van der Waals surface area contributed by atoms with Gasteiger partial charge in [0.05, 0.1) is 0 Å². The highest BCUT2D eigenvalue weighted by Gasteiger charge is 2.06. The maximum Gasteiger partial charge on any atom is 0.265 e. The van der Waals surface area contributed by atoms with Crippen LogP contribution in [0.5, 0.6) is 0 Å². The number of nitrogens with one attached hydrogen (secondary N) is 4. The van der Waals surface area contributed by atoms with Crippen molar-refractivity contribution in [3.8, 4) is 0 Å². The quantitative estimate of drug-likeness (QED) is 0.295. The first-order chi connectivity index (χ1) is 12.5. The van der Waals surface area contributed by atoms with Gasteiger partial charge in [-0.05, 0) is 50.7 Å². The Hall–Kier alpha value is -2.81. The number of nitrogens with two attached hydrogens (primary N) is 1. The SMILES string of the molecule is CNNCc1ccc(C(=O)NC(C)C)cc1.NNC(=O)c1ccncc1. The first-order valence-electron chi connectivity index (χ1n) is 8.18. The Kier molecular flexibility index (Phi) is 9.55. The summed E-state index contributed by atoms with van der Waals surface area (Å²) in [4.78, 5) is 26.1. The third-order valence-electron chi connectivity index (χ3n) is 3.18. The van der Waals surface area contributed by atoms with Crippen LogP contribution >= 0.6 is 0 Å². The van der Waals surface area contributed by atoms with Crippen molar-refractivity contribution in [2.45, 2.75) is 26.4 Å². The fourth-order valence-electron chi connectivity index (χ4n) is 1.90. The van der Waals surface area contributed by atoms with Gasteiger partial charge in [0, 0.05) is 36.1 Å². The van der Waals surface area contributed by atoms with Gasteiger partial charge in [0.15, 0.2) is 0 Å². The second-order valence-electron chi connectivity index (χ2n) is 5.64. The zero-order valence-corrected chi connectivity index (χ0v) is 15.2. The number of amides is 2. The Bertz CT molecular complexity index is 674. The number of hydrogen-bond donors (Lipinski definition) is 5. The molecule has 8 nitrogen and oxygen atoms in total. The summed E-state index contributed by atoms with van der Waals surface area (Å²) < 4.78 is 0. The largest absolute Gasteiger partial charge is 0.350 e. The van der Waals surface area contributed by atoms with Crippen LogP contribution in [0.3, 0.4) is 0 Å². The van der Waals surface area contributed by atoms with Gasteiger partial charge in [-0.25, -0.2) is 5.84 Å². The van der Waals surface area contributed by atoms with Gasteiger partial charge >= 0.3 is 0 Å². The minimum Gasteiger partial charge on any atom is -0.350 e. The summed E-state index contributed by atoms with van der Waals surface area (Å²) in [6.07, 6.45) is 3.06. The van der Waals surface area contributed by atoms with E-state index >= 15 is 0 Å². The predicted molar refractivity (Wildman–Crippen MR) is 101 cm³/mol. The molecule has 2 rings (SSSR count). The Morgan fingerprint density at radius 2 is 1.58 bits per heavy atom. The van der Waals surface area contributed by atoms with E-state index in [-0.39, 0.29) is 17.9 Å². The summed E-state index contributed by atoms with van der Waals surface area (Å²) in [7, 11) is 1.82. The first kappa shape index (κ1) is 21.2. The van der Waals surface area contributed by atoms with Crippen molar-refractivity contribution in [1.82, 2.24) is 26.6 Å². The number of hydrazine groups is 2. The molecule has 26 heavy (non-hydrogen) atoms. The zero-order valence-electron chi connectivity index (χ0n) is 15.2. The van der Waals surface area contributed by atoms with Gasteiger partial charge in [0.2, 0.25) is 0 Å². The fourth-order valence-corrected chi connectivity index (χ4v) is 1.90. The molecule has 0 unspecified atom stereocenters. The molecule has 0 radical (unpaired) electrons. The molecule has 0 aliphatic heterocycles. The number of benzene rings is 1. The third kappa shape index (κ3) is 7.84. The maximum atomic E-state index is 11.6. The number of hydrogen-bond acceptors (Lipinski definition) is 6. The van der Waals surface area contributed by atoms with Crippen molar-refractivity contribution in [3.63, 3.8) is 0 Å². The lowest BCUT2D eigenvalue weighted by Gasteiger charge is -2.09. The van der Waals surface area contributed by atoms with Crippen molar-refractivity contribution < 1.29 is 9.59 Å². The normalized spacial score (nSPS) is 9.88. The molecule has 0 aliphatic rings. The summed E-state index contributed by atoms with van der Waals surface area (Å²) in [5.74, 6) is 4.56. The lowest BCUT2D eigenvalue weighted by molar-refractivity contribution is 0.0938. The predicted octanol–water partition coefficient (Wildman–Crippen LogP) is 0.734. The number of aromatic nitrogens is 1. The maximum absolute atomic E-state index is 11.6. The zero-order chi connectivity index (χ0) is 19.4. The summed E-state index contributed by atoms with van der Waals surface area (Å²) >= 11 is 0. The molecule has 1 aromatic heterocycles. The van der Waals surface area contributed by atoms with Crippen molar-refractivity contribution in [1.29, 1.82) is 0 Å². The van der Waals surface area contributed by atoms with Crippen molar-refractivity contribution >= 4 is 11.8 Å². The van der Waals surface area contributed by atoms with Crippen LogP contribution in [0.2, 0.25) is 0 Å². The number of nitrogen functional groups attached to an aromatic ring is 1. The van der Waals surface area contributed by atoms with E-state index in [0.717, 1.165) is 12.1 Å². The fraction of sp³-hybridized carbons (Fsp3) is 0.278. The summed E-state index contributed by atoms with van der Waals surface area (Å²) in [5.41, 5.74) is 10.2. The van der Waals surface area contributed by atoms with Crippen LogP contribution in [0.1, 0.15) is 40.1 Å². The molecule has 0 spiro atoms. The highest BCUT2D eigenvalue weighted by molar-refractivity contribution is 5.94. The Labute approximate surface area is 153 Å². The smallest absolute Gasteiger partial charge is 0.265 e. The number of pyridine rings is 1. The highest BCUT2D eigenvalue weighted by Crippen LogP contribution is 2.04. The molecular formula is C18H26N6O2. The van der Waals surface area contributed by atoms with Crippen molar-refractivity contribution in [2.24, 2.45) is 5.84 Å². The van der Waals surface area contributed by atoms with Crippen molar-refractivity contribution in [3.05, 3.63) is 65.5 Å². The standard InChI is InChI=1S/C12H19N3O.C6H7N3O/c1-9(2)15-12(16)11-6-4-10(5-7-11)8-14-13-3;7-9-6(10)5-1-3-8-4-2-5/h4-7,9,13-14H,8H2,1-3H3,(H,15,16);1-4H,7H2,(H,9,10). The molecule has 0 bridgehead atoms. The van der Waals surface area contributed by atoms with E-state index in [1.165, 1.54) is 12.4 Å². The van der Waals surface area contributed by atoms with E-state index in [9.17, 15) is 9.59 Å². The van der Waals surface area contributed by atoms with Crippen LogP contribution in [0, 0.1) is 0 Å². The monoisotopic (exact) mass is 358 g/mol.